The molecule has 3 rings (SSSR count). The maximum Gasteiger partial charge on any atom is 0.264 e. The van der Waals surface area contributed by atoms with Crippen LogP contribution in [0.2, 0.25) is 0 Å². The molecule has 2 aromatic rings. The molecule has 1 fully saturated rings. The molecule has 0 unspecified atom stereocenters. The summed E-state index contributed by atoms with van der Waals surface area (Å²) in [7, 11) is 0.930. The van der Waals surface area contributed by atoms with Crippen LogP contribution in [0.3, 0.4) is 0 Å². The van der Waals surface area contributed by atoms with Gasteiger partial charge in [0.2, 0.25) is 5.91 Å². The molecule has 0 atom stereocenters. The maximum absolute atomic E-state index is 13.7. The summed E-state index contributed by atoms with van der Waals surface area (Å²) in [5.74, 6) is 0.926. The molecule has 1 N–H and O–H groups in total. The van der Waals surface area contributed by atoms with Gasteiger partial charge in [0, 0.05) is 38.8 Å². The highest BCUT2D eigenvalue weighted by molar-refractivity contribution is 7.92. The summed E-state index contributed by atoms with van der Waals surface area (Å²) in [5.41, 5.74) is 0.353. The van der Waals surface area contributed by atoms with E-state index < -0.39 is 10.0 Å². The second kappa shape index (κ2) is 13.5. The molecule has 11 heteroatoms. The summed E-state index contributed by atoms with van der Waals surface area (Å²) < 4.78 is 44.5. The molecule has 37 heavy (non-hydrogen) atoms. The Morgan fingerprint density at radius 2 is 1.68 bits per heavy atom. The number of nitrogens with zero attached hydrogens (tertiary/aromatic N) is 3. The van der Waals surface area contributed by atoms with E-state index in [1.54, 1.807) is 24.3 Å². The average molecular weight is 535 g/mol. The largest absolute Gasteiger partial charge is 0.494 e. The van der Waals surface area contributed by atoms with E-state index in [0.29, 0.717) is 30.3 Å². The van der Waals surface area contributed by atoms with E-state index >= 15 is 0 Å². The Morgan fingerprint density at radius 1 is 1.00 bits per heavy atom. The SMILES string of the molecule is CCOc1ccc(N(CC(=O)NCCCN2CCN(C)CC2)S(=O)(=O)c2ccc(OC)c(OC)c2)cc1. The number of sulfonamides is 1. The molecule has 1 aliphatic rings. The summed E-state index contributed by atoms with van der Waals surface area (Å²) in [6.45, 7) is 7.46. The van der Waals surface area contributed by atoms with Gasteiger partial charge in [-0.3, -0.25) is 9.10 Å². The standard InChI is InChI=1S/C26H38N4O6S/c1-5-36-22-9-7-21(8-10-22)30(37(32,33)23-11-12-24(34-3)25(19-23)35-4)20-26(31)27-13-6-14-29-17-15-28(2)16-18-29/h7-12,19H,5-6,13-18,20H2,1-4H3,(H,27,31). The lowest BCUT2D eigenvalue weighted by Gasteiger charge is -2.32. The zero-order chi connectivity index (χ0) is 26.8. The van der Waals surface area contributed by atoms with Gasteiger partial charge in [-0.1, -0.05) is 0 Å². The zero-order valence-corrected chi connectivity index (χ0v) is 22.9. The van der Waals surface area contributed by atoms with Crippen LogP contribution >= 0.6 is 0 Å². The third-order valence-electron chi connectivity index (χ3n) is 6.24. The molecule has 2 aromatic carbocycles. The van der Waals surface area contributed by atoms with Crippen LogP contribution in [-0.2, 0) is 14.8 Å². The van der Waals surface area contributed by atoms with Gasteiger partial charge in [-0.15, -0.1) is 0 Å². The highest BCUT2D eigenvalue weighted by Gasteiger charge is 2.28. The molecule has 10 nitrogen and oxygen atoms in total. The molecule has 1 heterocycles. The molecule has 1 amide bonds. The number of likely N-dealkylation sites (N-methyl/N-ethyl adjacent to an activating group) is 1. The minimum atomic E-state index is -4.10. The van der Waals surface area contributed by atoms with Gasteiger partial charge in [0.1, 0.15) is 12.3 Å². The quantitative estimate of drug-likeness (QED) is 0.390. The van der Waals surface area contributed by atoms with Crippen molar-refractivity contribution in [1.29, 1.82) is 0 Å². The van der Waals surface area contributed by atoms with Gasteiger partial charge in [0.25, 0.3) is 10.0 Å². The van der Waals surface area contributed by atoms with Crippen LogP contribution in [0, 0.1) is 0 Å². The Balaban J connectivity index is 1.74. The molecule has 0 aromatic heterocycles. The number of carbonyl (C=O) groups excluding carboxylic acids is 1. The van der Waals surface area contributed by atoms with Crippen LogP contribution in [0.25, 0.3) is 0 Å². The molecule has 0 radical (unpaired) electrons. The van der Waals surface area contributed by atoms with Crippen LogP contribution in [-0.4, -0.2) is 97.8 Å². The Kier molecular flexibility index (Phi) is 10.4. The van der Waals surface area contributed by atoms with Crippen molar-refractivity contribution in [2.75, 3.05) is 78.0 Å². The van der Waals surface area contributed by atoms with Gasteiger partial charge < -0.3 is 29.3 Å². The van der Waals surface area contributed by atoms with E-state index in [9.17, 15) is 13.2 Å². The highest BCUT2D eigenvalue weighted by Crippen LogP contribution is 2.32. The molecule has 204 valence electrons. The van der Waals surface area contributed by atoms with E-state index in [-0.39, 0.29) is 23.1 Å². The fourth-order valence-electron chi connectivity index (χ4n) is 4.08. The number of amides is 1. The van der Waals surface area contributed by atoms with Gasteiger partial charge in [-0.25, -0.2) is 8.42 Å². The molecule has 0 spiro atoms. The van der Waals surface area contributed by atoms with E-state index in [0.717, 1.165) is 43.4 Å². The van der Waals surface area contributed by atoms with E-state index in [2.05, 4.69) is 22.2 Å². The van der Waals surface area contributed by atoms with E-state index in [1.807, 2.05) is 6.92 Å². The summed E-state index contributed by atoms with van der Waals surface area (Å²) in [6.07, 6.45) is 0.793. The molecule has 1 aliphatic heterocycles. The molecule has 0 bridgehead atoms. The molecule has 1 saturated heterocycles. The number of nitrogens with one attached hydrogen (secondary N) is 1. The Hall–Kier alpha value is -3.02. The number of rotatable bonds is 13. The first-order valence-corrected chi connectivity index (χ1v) is 13.9. The predicted molar refractivity (Wildman–Crippen MR) is 143 cm³/mol. The van der Waals surface area contributed by atoms with Gasteiger partial charge in [0.15, 0.2) is 11.5 Å². The van der Waals surface area contributed by atoms with Crippen molar-refractivity contribution in [2.45, 2.75) is 18.2 Å². The third-order valence-corrected chi connectivity index (χ3v) is 8.00. The van der Waals surface area contributed by atoms with Crippen molar-refractivity contribution >= 4 is 21.6 Å². The van der Waals surface area contributed by atoms with Crippen molar-refractivity contribution in [2.24, 2.45) is 0 Å². The summed E-state index contributed by atoms with van der Waals surface area (Å²) in [5, 5.41) is 2.88. The Bertz CT molecular complexity index is 1120. The number of ether oxygens (including phenoxy) is 3. The van der Waals surface area contributed by atoms with Crippen molar-refractivity contribution in [3.05, 3.63) is 42.5 Å². The third kappa shape index (κ3) is 7.73. The normalized spacial score (nSPS) is 14.7. The smallest absolute Gasteiger partial charge is 0.264 e. The fourth-order valence-corrected chi connectivity index (χ4v) is 5.52. The average Bonchev–Trinajstić information content (AvgIpc) is 2.91. The monoisotopic (exact) mass is 534 g/mol. The van der Waals surface area contributed by atoms with Gasteiger partial charge in [-0.05, 0) is 63.3 Å². The number of methoxy groups -OCH3 is 2. The fraction of sp³-hybridized carbons (Fsp3) is 0.500. The highest BCUT2D eigenvalue weighted by atomic mass is 32.2. The summed E-state index contributed by atoms with van der Waals surface area (Å²) in [4.78, 5) is 17.5. The first-order chi connectivity index (χ1) is 17.8. The van der Waals surface area contributed by atoms with Crippen molar-refractivity contribution in [3.63, 3.8) is 0 Å². The zero-order valence-electron chi connectivity index (χ0n) is 22.1. The van der Waals surface area contributed by atoms with Gasteiger partial charge in [0.05, 0.1) is 31.4 Å². The number of carbonyl (C=O) groups is 1. The van der Waals surface area contributed by atoms with Crippen LogP contribution in [0.4, 0.5) is 5.69 Å². The molecule has 0 aliphatic carbocycles. The number of piperazine rings is 1. The van der Waals surface area contributed by atoms with Gasteiger partial charge in [-0.2, -0.15) is 0 Å². The topological polar surface area (TPSA) is 101 Å². The minimum absolute atomic E-state index is 0.0121. The minimum Gasteiger partial charge on any atom is -0.494 e. The first kappa shape index (κ1) is 28.5. The van der Waals surface area contributed by atoms with E-state index in [1.165, 1.54) is 32.4 Å². The molecular weight excluding hydrogens is 496 g/mol. The van der Waals surface area contributed by atoms with Crippen LogP contribution < -0.4 is 23.8 Å². The number of benzene rings is 2. The van der Waals surface area contributed by atoms with Gasteiger partial charge >= 0.3 is 0 Å². The lowest BCUT2D eigenvalue weighted by molar-refractivity contribution is -0.119. The summed E-state index contributed by atoms with van der Waals surface area (Å²) >= 11 is 0. The second-order valence-electron chi connectivity index (χ2n) is 8.80. The number of anilines is 1. The van der Waals surface area contributed by atoms with Crippen LogP contribution in [0.15, 0.2) is 47.4 Å². The maximum atomic E-state index is 13.7. The lowest BCUT2D eigenvalue weighted by atomic mass is 10.3. The molecule has 0 saturated carbocycles. The lowest BCUT2D eigenvalue weighted by Crippen LogP contribution is -2.45. The number of hydrogen-bond donors (Lipinski definition) is 1. The molecular formula is C26H38N4O6S. The van der Waals surface area contributed by atoms with Crippen molar-refractivity contribution < 1.29 is 27.4 Å². The summed E-state index contributed by atoms with van der Waals surface area (Å²) in [6, 6.07) is 11.0. The van der Waals surface area contributed by atoms with E-state index in [4.69, 9.17) is 14.2 Å². The predicted octanol–water partition coefficient (Wildman–Crippen LogP) is 2.05. The van der Waals surface area contributed by atoms with Crippen LogP contribution in [0.5, 0.6) is 17.2 Å². The van der Waals surface area contributed by atoms with Crippen LogP contribution in [0.1, 0.15) is 13.3 Å². The number of hydrogen-bond acceptors (Lipinski definition) is 8. The van der Waals surface area contributed by atoms with Crippen molar-refractivity contribution in [1.82, 2.24) is 15.1 Å². The van der Waals surface area contributed by atoms with Crippen molar-refractivity contribution in [3.8, 4) is 17.2 Å². The second-order valence-corrected chi connectivity index (χ2v) is 10.7. The first-order valence-electron chi connectivity index (χ1n) is 12.4. The Labute approximate surface area is 220 Å². The Morgan fingerprint density at radius 3 is 2.30 bits per heavy atom.